The molecule has 5 heteroatoms. The zero-order chi connectivity index (χ0) is 15.3. The fourth-order valence-corrected chi connectivity index (χ4v) is 2.77. The van der Waals surface area contributed by atoms with Crippen LogP contribution in [0.5, 0.6) is 0 Å². The number of aromatic amines is 1. The number of benzene rings is 1. The predicted molar refractivity (Wildman–Crippen MR) is 83.7 cm³/mol. The van der Waals surface area contributed by atoms with Crippen LogP contribution in [0.1, 0.15) is 11.3 Å². The van der Waals surface area contributed by atoms with Crippen molar-refractivity contribution in [1.82, 2.24) is 14.1 Å². The molecule has 3 rings (SSSR count). The van der Waals surface area contributed by atoms with Gasteiger partial charge in [0.25, 0.3) is 5.56 Å². The average Bonchev–Trinajstić information content (AvgIpc) is 2.81. The Balaban J connectivity index is 2.47. The molecule has 0 aliphatic heterocycles. The summed E-state index contributed by atoms with van der Waals surface area (Å²) in [5.74, 6) is 0. The average molecular weight is 283 g/mol. The lowest BCUT2D eigenvalue weighted by atomic mass is 10.1. The van der Waals surface area contributed by atoms with E-state index in [-0.39, 0.29) is 11.2 Å². The van der Waals surface area contributed by atoms with Crippen molar-refractivity contribution in [3.8, 4) is 11.3 Å². The van der Waals surface area contributed by atoms with Gasteiger partial charge in [-0.25, -0.2) is 4.79 Å². The van der Waals surface area contributed by atoms with Gasteiger partial charge in [-0.3, -0.25) is 9.36 Å². The molecule has 0 amide bonds. The lowest BCUT2D eigenvalue weighted by Gasteiger charge is -2.11. The minimum atomic E-state index is -0.310. The molecule has 0 saturated heterocycles. The number of para-hydroxylation sites is 1. The van der Waals surface area contributed by atoms with Gasteiger partial charge in [-0.15, -0.1) is 0 Å². The first-order chi connectivity index (χ1) is 9.93. The molecular weight excluding hydrogens is 266 g/mol. The lowest BCUT2D eigenvalue weighted by molar-refractivity contribution is 0.670. The molecule has 21 heavy (non-hydrogen) atoms. The number of fused-ring (bicyclic) bond motifs is 1. The smallest absolute Gasteiger partial charge is 0.330 e. The van der Waals surface area contributed by atoms with Crippen molar-refractivity contribution < 1.29 is 0 Å². The molecule has 0 radical (unpaired) electrons. The van der Waals surface area contributed by atoms with Gasteiger partial charge in [0.1, 0.15) is 0 Å². The molecule has 0 fully saturated rings. The molecule has 0 bridgehead atoms. The van der Waals surface area contributed by atoms with E-state index < -0.39 is 0 Å². The van der Waals surface area contributed by atoms with Crippen molar-refractivity contribution in [1.29, 1.82) is 0 Å². The number of aryl methyl sites for hydroxylation is 1. The first kappa shape index (κ1) is 13.4. The maximum absolute atomic E-state index is 12.5. The van der Waals surface area contributed by atoms with Gasteiger partial charge in [0.2, 0.25) is 0 Å². The van der Waals surface area contributed by atoms with Crippen LogP contribution in [-0.2, 0) is 14.1 Å². The van der Waals surface area contributed by atoms with E-state index in [1.54, 1.807) is 14.0 Å². The van der Waals surface area contributed by atoms with Crippen LogP contribution in [0.25, 0.3) is 22.2 Å². The third kappa shape index (κ3) is 1.77. The van der Waals surface area contributed by atoms with Gasteiger partial charge in [-0.1, -0.05) is 18.2 Å². The summed E-state index contributed by atoms with van der Waals surface area (Å²) in [7, 11) is 3.18. The Labute approximate surface area is 121 Å². The summed E-state index contributed by atoms with van der Waals surface area (Å²) >= 11 is 0. The van der Waals surface area contributed by atoms with Crippen molar-refractivity contribution >= 4 is 10.9 Å². The molecule has 0 unspecified atom stereocenters. The molecule has 0 spiro atoms. The molecular formula is C16H17N3O2. The van der Waals surface area contributed by atoms with Gasteiger partial charge >= 0.3 is 5.69 Å². The van der Waals surface area contributed by atoms with Crippen molar-refractivity contribution in [2.24, 2.45) is 14.1 Å². The van der Waals surface area contributed by atoms with E-state index in [9.17, 15) is 9.59 Å². The minimum absolute atomic E-state index is 0.273. The van der Waals surface area contributed by atoms with Crippen molar-refractivity contribution in [2.45, 2.75) is 13.8 Å². The summed E-state index contributed by atoms with van der Waals surface area (Å²) in [4.78, 5) is 27.8. The van der Waals surface area contributed by atoms with Crippen LogP contribution in [0, 0.1) is 13.8 Å². The quantitative estimate of drug-likeness (QED) is 0.741. The van der Waals surface area contributed by atoms with Crippen LogP contribution in [0.2, 0.25) is 0 Å². The summed E-state index contributed by atoms with van der Waals surface area (Å²) in [5, 5.41) is 1.09. The third-order valence-corrected chi connectivity index (χ3v) is 4.17. The lowest BCUT2D eigenvalue weighted by Crippen LogP contribution is -2.39. The number of nitrogens with one attached hydrogen (secondary N) is 1. The topological polar surface area (TPSA) is 59.8 Å². The second-order valence-corrected chi connectivity index (χ2v) is 5.34. The van der Waals surface area contributed by atoms with E-state index in [4.69, 9.17) is 0 Å². The number of nitrogens with zero attached hydrogens (tertiary/aromatic N) is 2. The Kier molecular flexibility index (Phi) is 2.86. The van der Waals surface area contributed by atoms with E-state index >= 15 is 0 Å². The summed E-state index contributed by atoms with van der Waals surface area (Å²) in [6, 6.07) is 7.92. The van der Waals surface area contributed by atoms with Gasteiger partial charge in [0.05, 0.1) is 11.3 Å². The molecule has 0 aliphatic carbocycles. The van der Waals surface area contributed by atoms with Crippen LogP contribution >= 0.6 is 0 Å². The minimum Gasteiger partial charge on any atom is -0.354 e. The fraction of sp³-hybridized carbons (Fsp3) is 0.250. The Bertz CT molecular complexity index is 974. The molecule has 1 aromatic carbocycles. The Morgan fingerprint density at radius 2 is 1.67 bits per heavy atom. The number of hydrogen-bond donors (Lipinski definition) is 1. The number of aromatic nitrogens is 3. The monoisotopic (exact) mass is 283 g/mol. The Hall–Kier alpha value is -2.56. The second kappa shape index (κ2) is 4.48. The second-order valence-electron chi connectivity index (χ2n) is 5.34. The van der Waals surface area contributed by atoms with Crippen molar-refractivity contribution in [3.63, 3.8) is 0 Å². The van der Waals surface area contributed by atoms with E-state index in [1.165, 1.54) is 11.6 Å². The summed E-state index contributed by atoms with van der Waals surface area (Å²) in [6.45, 7) is 3.78. The van der Waals surface area contributed by atoms with Gasteiger partial charge < -0.3 is 9.55 Å². The zero-order valence-electron chi connectivity index (χ0n) is 12.5. The van der Waals surface area contributed by atoms with Crippen LogP contribution in [0.3, 0.4) is 0 Å². The van der Waals surface area contributed by atoms with Gasteiger partial charge in [0, 0.05) is 30.7 Å². The number of hydrogen-bond acceptors (Lipinski definition) is 2. The van der Waals surface area contributed by atoms with E-state index in [1.807, 2.05) is 31.2 Å². The van der Waals surface area contributed by atoms with Crippen molar-refractivity contribution in [3.05, 3.63) is 56.4 Å². The molecule has 1 N–H and O–H groups in total. The molecule has 2 heterocycles. The molecule has 0 aliphatic rings. The predicted octanol–water partition coefficient (Wildman–Crippen LogP) is 1.85. The first-order valence-corrected chi connectivity index (χ1v) is 6.77. The third-order valence-electron chi connectivity index (χ3n) is 4.17. The highest BCUT2D eigenvalue weighted by molar-refractivity contribution is 5.90. The van der Waals surface area contributed by atoms with Crippen molar-refractivity contribution in [2.75, 3.05) is 0 Å². The largest absolute Gasteiger partial charge is 0.354 e. The van der Waals surface area contributed by atoms with Crippen LogP contribution in [-0.4, -0.2) is 14.1 Å². The van der Waals surface area contributed by atoms with Gasteiger partial charge in [-0.05, 0) is 25.5 Å². The molecule has 2 aromatic heterocycles. The highest BCUT2D eigenvalue weighted by Crippen LogP contribution is 2.28. The molecule has 108 valence electrons. The van der Waals surface area contributed by atoms with Crippen LogP contribution < -0.4 is 11.2 Å². The van der Waals surface area contributed by atoms with Gasteiger partial charge in [0.15, 0.2) is 0 Å². The fourth-order valence-electron chi connectivity index (χ4n) is 2.77. The summed E-state index contributed by atoms with van der Waals surface area (Å²) < 4.78 is 2.65. The zero-order valence-corrected chi connectivity index (χ0v) is 12.5. The Morgan fingerprint density at radius 1 is 1.00 bits per heavy atom. The molecule has 5 nitrogen and oxygen atoms in total. The van der Waals surface area contributed by atoms with E-state index in [2.05, 4.69) is 4.98 Å². The maximum atomic E-state index is 12.5. The summed E-state index contributed by atoms with van der Waals surface area (Å²) in [5.41, 5.74) is 3.42. The highest BCUT2D eigenvalue weighted by Gasteiger charge is 2.18. The van der Waals surface area contributed by atoms with Crippen LogP contribution in [0.15, 0.2) is 33.9 Å². The molecule has 3 aromatic rings. The number of H-pyrrole nitrogens is 1. The first-order valence-electron chi connectivity index (χ1n) is 6.77. The Morgan fingerprint density at radius 3 is 2.33 bits per heavy atom. The summed E-state index contributed by atoms with van der Waals surface area (Å²) in [6.07, 6.45) is 0. The van der Waals surface area contributed by atoms with E-state index in [0.29, 0.717) is 11.3 Å². The number of rotatable bonds is 1. The molecule has 0 saturated carbocycles. The van der Waals surface area contributed by atoms with Gasteiger partial charge in [-0.2, -0.15) is 0 Å². The van der Waals surface area contributed by atoms with Crippen LogP contribution in [0.4, 0.5) is 0 Å². The maximum Gasteiger partial charge on any atom is 0.330 e. The normalized spacial score (nSPS) is 11.2. The highest BCUT2D eigenvalue weighted by atomic mass is 16.2. The van der Waals surface area contributed by atoms with E-state index in [0.717, 1.165) is 26.7 Å². The standard InChI is InChI=1S/C16H17N3O2/c1-9-11-7-5-6-8-12(11)17-14(9)13-10(2)18(3)16(21)19(4)15(13)20/h5-8,17H,1-4H3. The SMILES string of the molecule is Cc1c(-c2c(C)n(C)c(=O)n(C)c2=O)[nH]c2ccccc12. The molecule has 0 atom stereocenters.